The van der Waals surface area contributed by atoms with E-state index in [1.54, 1.807) is 27.2 Å². The molecule has 0 unspecified atom stereocenters. The van der Waals surface area contributed by atoms with E-state index in [2.05, 4.69) is 6.58 Å². The Morgan fingerprint density at radius 2 is 1.66 bits per heavy atom. The summed E-state index contributed by atoms with van der Waals surface area (Å²) in [6, 6.07) is 7.54. The van der Waals surface area contributed by atoms with Gasteiger partial charge in [-0.15, -0.1) is 6.58 Å². The Morgan fingerprint density at radius 1 is 0.955 bits per heavy atom. The van der Waals surface area contributed by atoms with Gasteiger partial charge in [0.25, 0.3) is 0 Å². The van der Waals surface area contributed by atoms with Crippen molar-refractivity contribution in [2.75, 3.05) is 34.2 Å². The zero-order chi connectivity index (χ0) is 30.7. The summed E-state index contributed by atoms with van der Waals surface area (Å²) in [5, 5.41) is 22.1. The smallest absolute Gasteiger partial charge is 0.310 e. The molecule has 0 bridgehead atoms. The van der Waals surface area contributed by atoms with Gasteiger partial charge >= 0.3 is 5.97 Å². The molecule has 0 radical (unpaired) electrons. The Bertz CT molecular complexity index is 1420. The van der Waals surface area contributed by atoms with Gasteiger partial charge < -0.3 is 52.8 Å². The number of allylic oxidation sites excluding steroid dienone is 1. The van der Waals surface area contributed by atoms with Crippen LogP contribution in [0.1, 0.15) is 41.2 Å². The number of ether oxygens (including phenoxy) is 9. The van der Waals surface area contributed by atoms with Crippen LogP contribution in [0.4, 0.5) is 0 Å². The Labute approximate surface area is 254 Å². The third kappa shape index (κ3) is 4.72. The first-order valence-corrected chi connectivity index (χ1v) is 14.7. The first-order valence-electron chi connectivity index (χ1n) is 14.7. The summed E-state index contributed by atoms with van der Waals surface area (Å²) in [5.74, 6) is 0.310. The number of fused-ring (bicyclic) bond motifs is 4. The molecule has 12 nitrogen and oxygen atoms in total. The number of aliphatic hydroxyl groups is 2. The van der Waals surface area contributed by atoms with E-state index < -0.39 is 60.9 Å². The molecule has 4 aliphatic heterocycles. The Kier molecular flexibility index (Phi) is 7.68. The zero-order valence-electron chi connectivity index (χ0n) is 24.7. The molecule has 1 aliphatic carbocycles. The van der Waals surface area contributed by atoms with E-state index in [1.807, 2.05) is 24.3 Å². The van der Waals surface area contributed by atoms with Crippen molar-refractivity contribution >= 4 is 5.97 Å². The molecule has 44 heavy (non-hydrogen) atoms. The standard InChI is InChI=1S/C32H36O12/c1-5-6-16-20(36-3)7-15(8-21(16)37-4)25-17-9-22-23(41-13-40-22)10-18(17)29(19-11-39-31(35)26(19)25)44-32-28(34)27(33)30-24(43-32)12-38-14(2)42-30/h5,7-10,14,19,24-30,32-34H,1,6,11-13H2,2-4H3/t14-,19+,24-,25-,26+,27-,28-,29-,30-,32+/m1/s1. The molecule has 2 aromatic rings. The SMILES string of the molecule is C=CCc1c(OC)cc([C@@H]2c3cc4c(cc3[C@@H](O[C@@H]3O[C@@H]5CO[C@@H](C)O[C@H]5[C@H](O)[C@H]3O)[C@H]3COC(=O)[C@H]23)OCO4)cc1OC. The van der Waals surface area contributed by atoms with Crippen LogP contribution in [0.25, 0.3) is 0 Å². The number of carbonyl (C=O) groups is 1. The maximum Gasteiger partial charge on any atom is 0.310 e. The van der Waals surface area contributed by atoms with Crippen LogP contribution in [0.15, 0.2) is 36.9 Å². The fourth-order valence-corrected chi connectivity index (χ4v) is 7.17. The maximum absolute atomic E-state index is 13.5. The maximum atomic E-state index is 13.5. The predicted molar refractivity (Wildman–Crippen MR) is 151 cm³/mol. The second-order valence-corrected chi connectivity index (χ2v) is 11.6. The van der Waals surface area contributed by atoms with Crippen LogP contribution >= 0.6 is 0 Å². The summed E-state index contributed by atoms with van der Waals surface area (Å²) in [5.41, 5.74) is 3.12. The fourth-order valence-electron chi connectivity index (χ4n) is 7.17. The molecule has 0 aromatic heterocycles. The van der Waals surface area contributed by atoms with Crippen LogP contribution in [0, 0.1) is 11.8 Å². The number of cyclic esters (lactones) is 1. The second kappa shape index (κ2) is 11.5. The molecule has 0 amide bonds. The average Bonchev–Trinajstić information content (AvgIpc) is 3.65. The lowest BCUT2D eigenvalue weighted by atomic mass is 9.66. The van der Waals surface area contributed by atoms with E-state index in [0.29, 0.717) is 29.4 Å². The minimum absolute atomic E-state index is 0.0549. The highest BCUT2D eigenvalue weighted by molar-refractivity contribution is 5.79. The summed E-state index contributed by atoms with van der Waals surface area (Å²) < 4.78 is 52.6. The number of hydrogen-bond acceptors (Lipinski definition) is 12. The largest absolute Gasteiger partial charge is 0.496 e. The van der Waals surface area contributed by atoms with Gasteiger partial charge in [-0.2, -0.15) is 0 Å². The number of esters is 1. The second-order valence-electron chi connectivity index (χ2n) is 11.6. The summed E-state index contributed by atoms with van der Waals surface area (Å²) in [4.78, 5) is 13.5. The van der Waals surface area contributed by atoms with Crippen molar-refractivity contribution in [2.24, 2.45) is 11.8 Å². The minimum atomic E-state index is -1.42. The van der Waals surface area contributed by atoms with Gasteiger partial charge in [-0.05, 0) is 54.3 Å². The molecular weight excluding hydrogens is 576 g/mol. The Morgan fingerprint density at radius 3 is 2.34 bits per heavy atom. The fraction of sp³-hybridized carbons (Fsp3) is 0.531. The van der Waals surface area contributed by atoms with Gasteiger partial charge in [-0.1, -0.05) is 6.08 Å². The van der Waals surface area contributed by atoms with Gasteiger partial charge in [0.1, 0.15) is 35.9 Å². The van der Waals surface area contributed by atoms with Gasteiger partial charge in [0.05, 0.1) is 39.5 Å². The molecule has 3 fully saturated rings. The first-order chi connectivity index (χ1) is 21.3. The molecular formula is C32H36O12. The average molecular weight is 613 g/mol. The number of methoxy groups -OCH3 is 2. The lowest BCUT2D eigenvalue weighted by Crippen LogP contribution is -2.63. The molecule has 5 aliphatic rings. The number of aliphatic hydroxyl groups excluding tert-OH is 2. The van der Waals surface area contributed by atoms with Gasteiger partial charge in [0.15, 0.2) is 24.1 Å². The summed E-state index contributed by atoms with van der Waals surface area (Å²) in [6.07, 6.45) is -4.36. The van der Waals surface area contributed by atoms with Crippen molar-refractivity contribution in [2.45, 2.75) is 62.4 Å². The van der Waals surface area contributed by atoms with Gasteiger partial charge in [-0.25, -0.2) is 0 Å². The Balaban J connectivity index is 1.32. The van der Waals surface area contributed by atoms with Crippen LogP contribution in [0.5, 0.6) is 23.0 Å². The highest BCUT2D eigenvalue weighted by Gasteiger charge is 2.56. The van der Waals surface area contributed by atoms with Gasteiger partial charge in [0, 0.05) is 17.4 Å². The quantitative estimate of drug-likeness (QED) is 0.350. The lowest BCUT2D eigenvalue weighted by Gasteiger charge is -2.47. The zero-order valence-corrected chi connectivity index (χ0v) is 24.7. The summed E-state index contributed by atoms with van der Waals surface area (Å²) in [6.45, 7) is 5.88. The molecule has 2 N–H and O–H groups in total. The van der Waals surface area contributed by atoms with Gasteiger partial charge in [0.2, 0.25) is 6.79 Å². The molecule has 0 saturated carbocycles. The lowest BCUT2D eigenvalue weighted by molar-refractivity contribution is -0.364. The van der Waals surface area contributed by atoms with Crippen molar-refractivity contribution in [1.82, 2.24) is 0 Å². The molecule has 0 spiro atoms. The van der Waals surface area contributed by atoms with Crippen LogP contribution < -0.4 is 18.9 Å². The van der Waals surface area contributed by atoms with Gasteiger partial charge in [-0.3, -0.25) is 4.79 Å². The van der Waals surface area contributed by atoms with E-state index in [9.17, 15) is 15.0 Å². The highest BCUT2D eigenvalue weighted by Crippen LogP contribution is 2.56. The molecule has 7 rings (SSSR count). The number of carbonyl (C=O) groups excluding carboxylic acids is 1. The van der Waals surface area contributed by atoms with E-state index in [0.717, 1.165) is 22.3 Å². The van der Waals surface area contributed by atoms with Crippen LogP contribution in [-0.4, -0.2) is 87.4 Å². The molecule has 4 heterocycles. The third-order valence-corrected chi connectivity index (χ3v) is 9.22. The molecule has 10 atom stereocenters. The third-order valence-electron chi connectivity index (χ3n) is 9.22. The number of benzene rings is 2. The van der Waals surface area contributed by atoms with E-state index in [-0.39, 0.29) is 26.0 Å². The monoisotopic (exact) mass is 612 g/mol. The van der Waals surface area contributed by atoms with Crippen LogP contribution in [-0.2, 0) is 34.9 Å². The molecule has 236 valence electrons. The summed E-state index contributed by atoms with van der Waals surface area (Å²) >= 11 is 0. The normalized spacial score (nSPS) is 35.2. The molecule has 3 saturated heterocycles. The topological polar surface area (TPSA) is 141 Å². The highest BCUT2D eigenvalue weighted by atomic mass is 16.8. The minimum Gasteiger partial charge on any atom is -0.496 e. The Hall–Kier alpha value is -3.39. The van der Waals surface area contributed by atoms with E-state index in [4.69, 9.17) is 42.6 Å². The van der Waals surface area contributed by atoms with Crippen molar-refractivity contribution in [1.29, 1.82) is 0 Å². The van der Waals surface area contributed by atoms with E-state index >= 15 is 0 Å². The molecule has 2 aromatic carbocycles. The van der Waals surface area contributed by atoms with Crippen molar-refractivity contribution < 1.29 is 57.6 Å². The first kappa shape index (κ1) is 29.3. The van der Waals surface area contributed by atoms with Crippen molar-refractivity contribution in [3.05, 3.63) is 59.2 Å². The summed E-state index contributed by atoms with van der Waals surface area (Å²) in [7, 11) is 3.18. The van der Waals surface area contributed by atoms with E-state index in [1.165, 1.54) is 0 Å². The number of rotatable bonds is 7. The predicted octanol–water partition coefficient (Wildman–Crippen LogP) is 2.36. The number of hydrogen-bond donors (Lipinski definition) is 2. The molecule has 12 heteroatoms. The van der Waals surface area contributed by atoms with Crippen LogP contribution in [0.2, 0.25) is 0 Å². The van der Waals surface area contributed by atoms with Crippen LogP contribution in [0.3, 0.4) is 0 Å². The van der Waals surface area contributed by atoms with Crippen molar-refractivity contribution in [3.8, 4) is 23.0 Å². The van der Waals surface area contributed by atoms with Crippen molar-refractivity contribution in [3.63, 3.8) is 0 Å².